The first-order valence-electron chi connectivity index (χ1n) is 14.6. The number of aliphatic hydroxyl groups is 1. The average molecular weight is 632 g/mol. The summed E-state index contributed by atoms with van der Waals surface area (Å²) in [5, 5.41) is 23.9. The highest BCUT2D eigenvalue weighted by Crippen LogP contribution is 2.39. The van der Waals surface area contributed by atoms with Gasteiger partial charge in [-0.2, -0.15) is 0 Å². The van der Waals surface area contributed by atoms with E-state index in [4.69, 9.17) is 14.2 Å². The molecule has 1 aromatic heterocycles. The van der Waals surface area contributed by atoms with Gasteiger partial charge in [-0.3, -0.25) is 0 Å². The van der Waals surface area contributed by atoms with Crippen molar-refractivity contribution in [2.24, 2.45) is 7.05 Å². The monoisotopic (exact) mass is 631 g/mol. The molecule has 1 aliphatic rings. The van der Waals surface area contributed by atoms with E-state index in [1.54, 1.807) is 18.1 Å². The van der Waals surface area contributed by atoms with Gasteiger partial charge in [0.1, 0.15) is 12.4 Å². The van der Waals surface area contributed by atoms with Crippen LogP contribution in [0.25, 0.3) is 0 Å². The van der Waals surface area contributed by atoms with Crippen molar-refractivity contribution >= 4 is 23.8 Å². The zero-order valence-electron chi connectivity index (χ0n) is 25.2. The number of hydrogen-bond acceptors (Lipinski definition) is 9. The molecular weight excluding hydrogens is 594 g/mol. The lowest BCUT2D eigenvalue weighted by atomic mass is 10.0. The molecule has 236 valence electrons. The number of ether oxygens (including phenoxy) is 3. The Morgan fingerprint density at radius 1 is 1.00 bits per heavy atom. The van der Waals surface area contributed by atoms with Gasteiger partial charge >= 0.3 is 12.0 Å². The Balaban J connectivity index is 1.21. The number of esters is 1. The van der Waals surface area contributed by atoms with E-state index in [9.17, 15) is 14.7 Å². The quantitative estimate of drug-likeness (QED) is 0.155. The number of nitrogens with one attached hydrogen (secondary N) is 2. The standard InChI is InChI=1S/C33H37N5O6S/c1-38-21-35-37-33(38)45-20-27-17-29(25-12-10-24(19-39)11-13-25)44-31(43-27)26-14-8-23(9-15-26)18-34-32(41)36-28(30(40)42-2)16-22-6-4-3-5-7-22/h3-15,21,27-29,31,39H,16-20H2,1-2H3,(H2,34,36,41). The first kappa shape index (κ1) is 32.2. The number of aromatic nitrogens is 3. The fourth-order valence-corrected chi connectivity index (χ4v) is 5.87. The van der Waals surface area contributed by atoms with E-state index in [1.807, 2.05) is 90.5 Å². The molecule has 4 aromatic rings. The Kier molecular flexibility index (Phi) is 11.2. The Morgan fingerprint density at radius 3 is 2.38 bits per heavy atom. The molecule has 1 fully saturated rings. The Bertz CT molecular complexity index is 1530. The van der Waals surface area contributed by atoms with Crippen LogP contribution < -0.4 is 10.6 Å². The molecule has 0 bridgehead atoms. The molecule has 0 radical (unpaired) electrons. The minimum absolute atomic E-state index is 0.0169. The Morgan fingerprint density at radius 2 is 1.71 bits per heavy atom. The third-order valence-corrected chi connectivity index (χ3v) is 8.63. The molecular formula is C33H37N5O6S. The van der Waals surface area contributed by atoms with Crippen molar-refractivity contribution in [1.82, 2.24) is 25.4 Å². The molecule has 2 heterocycles. The summed E-state index contributed by atoms with van der Waals surface area (Å²) in [5.41, 5.74) is 4.48. The Hall–Kier alpha value is -4.23. The molecule has 0 saturated carbocycles. The van der Waals surface area contributed by atoms with E-state index >= 15 is 0 Å². The summed E-state index contributed by atoms with van der Waals surface area (Å²) in [4.78, 5) is 25.0. The summed E-state index contributed by atoms with van der Waals surface area (Å²) in [7, 11) is 3.21. The number of amides is 2. The molecule has 1 aliphatic heterocycles. The van der Waals surface area contributed by atoms with Crippen molar-refractivity contribution in [1.29, 1.82) is 0 Å². The molecule has 3 aromatic carbocycles. The van der Waals surface area contributed by atoms with Crippen molar-refractivity contribution < 1.29 is 28.9 Å². The molecule has 11 nitrogen and oxygen atoms in total. The number of hydrogen-bond donors (Lipinski definition) is 3. The van der Waals surface area contributed by atoms with Gasteiger partial charge in [-0.15, -0.1) is 10.2 Å². The zero-order valence-corrected chi connectivity index (χ0v) is 26.0. The molecule has 12 heteroatoms. The van der Waals surface area contributed by atoms with Crippen LogP contribution in [-0.4, -0.2) is 56.9 Å². The van der Waals surface area contributed by atoms with Crippen LogP contribution in [0.1, 0.15) is 46.6 Å². The van der Waals surface area contributed by atoms with Crippen LogP contribution in [-0.2, 0) is 45.6 Å². The highest BCUT2D eigenvalue weighted by Gasteiger charge is 2.32. The third kappa shape index (κ3) is 8.92. The number of carbonyl (C=O) groups is 2. The van der Waals surface area contributed by atoms with Gasteiger partial charge in [0, 0.05) is 37.8 Å². The van der Waals surface area contributed by atoms with Gasteiger partial charge in [0.15, 0.2) is 11.4 Å². The summed E-state index contributed by atoms with van der Waals surface area (Å²) in [6.07, 6.45) is 1.73. The average Bonchev–Trinajstić information content (AvgIpc) is 3.50. The largest absolute Gasteiger partial charge is 0.467 e. The number of thioether (sulfide) groups is 1. The highest BCUT2D eigenvalue weighted by atomic mass is 32.2. The predicted octanol–water partition coefficient (Wildman–Crippen LogP) is 4.23. The van der Waals surface area contributed by atoms with Crippen LogP contribution in [0.15, 0.2) is 90.3 Å². The van der Waals surface area contributed by atoms with E-state index in [2.05, 4.69) is 20.8 Å². The number of nitrogens with zero attached hydrogens (tertiary/aromatic N) is 3. The zero-order chi connectivity index (χ0) is 31.6. The fraction of sp³-hybridized carbons (Fsp3) is 0.333. The lowest BCUT2D eigenvalue weighted by Gasteiger charge is -2.36. The molecule has 0 spiro atoms. The van der Waals surface area contributed by atoms with Crippen LogP contribution in [0.2, 0.25) is 0 Å². The van der Waals surface area contributed by atoms with Crippen molar-refractivity contribution in [3.05, 3.63) is 113 Å². The van der Waals surface area contributed by atoms with Gasteiger partial charge < -0.3 is 34.5 Å². The number of aryl methyl sites for hydroxylation is 1. The van der Waals surface area contributed by atoms with Crippen LogP contribution in [0.5, 0.6) is 0 Å². The summed E-state index contributed by atoms with van der Waals surface area (Å²) in [6, 6.07) is 23.6. The topological polar surface area (TPSA) is 137 Å². The molecule has 0 aliphatic carbocycles. The summed E-state index contributed by atoms with van der Waals surface area (Å²) >= 11 is 1.58. The smallest absolute Gasteiger partial charge is 0.328 e. The minimum atomic E-state index is -0.812. The van der Waals surface area contributed by atoms with E-state index in [0.29, 0.717) is 18.6 Å². The van der Waals surface area contributed by atoms with Gasteiger partial charge in [0.2, 0.25) is 0 Å². The second-order valence-electron chi connectivity index (χ2n) is 10.7. The minimum Gasteiger partial charge on any atom is -0.467 e. The predicted molar refractivity (Wildman–Crippen MR) is 168 cm³/mol. The van der Waals surface area contributed by atoms with E-state index in [-0.39, 0.29) is 25.4 Å². The summed E-state index contributed by atoms with van der Waals surface area (Å²) in [5.74, 6) is 0.160. The molecule has 1 saturated heterocycles. The number of carbonyl (C=O) groups excluding carboxylic acids is 2. The molecule has 5 rings (SSSR count). The van der Waals surface area contributed by atoms with Crippen molar-refractivity contribution in [3.8, 4) is 0 Å². The molecule has 45 heavy (non-hydrogen) atoms. The number of aliphatic hydroxyl groups excluding tert-OH is 1. The van der Waals surface area contributed by atoms with Gasteiger partial charge in [-0.1, -0.05) is 90.6 Å². The number of methoxy groups -OCH3 is 1. The van der Waals surface area contributed by atoms with E-state index in [1.165, 1.54) is 7.11 Å². The van der Waals surface area contributed by atoms with Gasteiger partial charge in [0.05, 0.1) is 25.9 Å². The van der Waals surface area contributed by atoms with Crippen LogP contribution in [0.3, 0.4) is 0 Å². The van der Waals surface area contributed by atoms with Gasteiger partial charge in [-0.25, -0.2) is 9.59 Å². The molecule has 2 amide bonds. The Labute approximate surface area is 266 Å². The van der Waals surface area contributed by atoms with E-state index < -0.39 is 24.3 Å². The van der Waals surface area contributed by atoms with Gasteiger partial charge in [0.25, 0.3) is 0 Å². The van der Waals surface area contributed by atoms with Crippen molar-refractivity contribution in [2.45, 2.75) is 55.7 Å². The number of urea groups is 1. The second kappa shape index (κ2) is 15.7. The number of rotatable bonds is 12. The van der Waals surface area contributed by atoms with Crippen LogP contribution >= 0.6 is 11.8 Å². The van der Waals surface area contributed by atoms with Crippen molar-refractivity contribution in [2.75, 3.05) is 12.9 Å². The highest BCUT2D eigenvalue weighted by molar-refractivity contribution is 7.99. The molecule has 3 N–H and O–H groups in total. The second-order valence-corrected chi connectivity index (χ2v) is 11.7. The van der Waals surface area contributed by atoms with Crippen molar-refractivity contribution in [3.63, 3.8) is 0 Å². The third-order valence-electron chi connectivity index (χ3n) is 7.46. The lowest BCUT2D eigenvalue weighted by molar-refractivity contribution is -0.245. The molecule has 4 atom stereocenters. The molecule has 4 unspecified atom stereocenters. The first-order valence-corrected chi connectivity index (χ1v) is 15.6. The van der Waals surface area contributed by atoms with E-state index in [0.717, 1.165) is 33.0 Å². The number of benzene rings is 3. The normalized spacial score (nSPS) is 18.6. The van der Waals surface area contributed by atoms with Crippen LogP contribution in [0, 0.1) is 0 Å². The fourth-order valence-electron chi connectivity index (χ4n) is 4.96. The summed E-state index contributed by atoms with van der Waals surface area (Å²) in [6.45, 7) is 0.242. The van der Waals surface area contributed by atoms with Crippen LogP contribution in [0.4, 0.5) is 4.79 Å². The van der Waals surface area contributed by atoms with Gasteiger partial charge in [-0.05, 0) is 22.3 Å². The maximum absolute atomic E-state index is 12.7. The SMILES string of the molecule is COC(=O)C(Cc1ccccc1)NC(=O)NCc1ccc(C2OC(CSc3nncn3C)CC(c3ccc(CO)cc3)O2)cc1. The maximum atomic E-state index is 12.7. The lowest BCUT2D eigenvalue weighted by Crippen LogP contribution is -2.47. The first-order chi connectivity index (χ1) is 21.9. The maximum Gasteiger partial charge on any atom is 0.328 e. The summed E-state index contributed by atoms with van der Waals surface area (Å²) < 4.78 is 19.6.